The Morgan fingerprint density at radius 1 is 1.38 bits per heavy atom. The molecule has 2 rings (SSSR count). The van der Waals surface area contributed by atoms with Gasteiger partial charge in [0.15, 0.2) is 0 Å². The van der Waals surface area contributed by atoms with Gasteiger partial charge in [-0.1, -0.05) is 0 Å². The molecule has 1 aliphatic rings. The van der Waals surface area contributed by atoms with Gasteiger partial charge in [-0.05, 0) is 37.1 Å². The molecule has 0 aliphatic heterocycles. The molecule has 7 heteroatoms. The van der Waals surface area contributed by atoms with Gasteiger partial charge in [0.25, 0.3) is 0 Å². The van der Waals surface area contributed by atoms with E-state index < -0.39 is 10.0 Å². The summed E-state index contributed by atoms with van der Waals surface area (Å²) in [6, 6.07) is 8.57. The number of benzene rings is 1. The van der Waals surface area contributed by atoms with Crippen molar-refractivity contribution < 1.29 is 13.2 Å². The second kappa shape index (κ2) is 6.24. The molecule has 0 aromatic heterocycles. The van der Waals surface area contributed by atoms with E-state index >= 15 is 0 Å². The van der Waals surface area contributed by atoms with Gasteiger partial charge in [-0.3, -0.25) is 4.79 Å². The SMILES string of the molecule is CS(=O)(=O)N(CCC(=O)Nc1ccc(C#N)cc1)C1CC1. The maximum Gasteiger partial charge on any atom is 0.225 e. The van der Waals surface area contributed by atoms with Crippen molar-refractivity contribution in [2.75, 3.05) is 18.1 Å². The zero-order valence-corrected chi connectivity index (χ0v) is 12.6. The molecule has 0 heterocycles. The molecule has 0 saturated heterocycles. The summed E-state index contributed by atoms with van der Waals surface area (Å²) in [6.07, 6.45) is 3.02. The smallest absolute Gasteiger partial charge is 0.225 e. The largest absolute Gasteiger partial charge is 0.326 e. The molecule has 112 valence electrons. The van der Waals surface area contributed by atoms with E-state index in [1.54, 1.807) is 24.3 Å². The lowest BCUT2D eigenvalue weighted by molar-refractivity contribution is -0.116. The average Bonchev–Trinajstić information content (AvgIpc) is 3.23. The molecular weight excluding hydrogens is 290 g/mol. The van der Waals surface area contributed by atoms with Crippen molar-refractivity contribution >= 4 is 21.6 Å². The van der Waals surface area contributed by atoms with Crippen LogP contribution in [0.5, 0.6) is 0 Å². The Morgan fingerprint density at radius 3 is 2.48 bits per heavy atom. The van der Waals surface area contributed by atoms with E-state index in [1.807, 2.05) is 6.07 Å². The normalized spacial score (nSPS) is 14.7. The van der Waals surface area contributed by atoms with E-state index in [4.69, 9.17) is 5.26 Å². The van der Waals surface area contributed by atoms with Crippen molar-refractivity contribution in [1.29, 1.82) is 5.26 Å². The minimum atomic E-state index is -3.26. The minimum absolute atomic E-state index is 0.0581. The minimum Gasteiger partial charge on any atom is -0.326 e. The lowest BCUT2D eigenvalue weighted by Crippen LogP contribution is -2.34. The molecule has 21 heavy (non-hydrogen) atoms. The van der Waals surface area contributed by atoms with Crippen molar-refractivity contribution in [1.82, 2.24) is 4.31 Å². The third kappa shape index (κ3) is 4.55. The maximum atomic E-state index is 11.8. The Kier molecular flexibility index (Phi) is 4.60. The average molecular weight is 307 g/mol. The van der Waals surface area contributed by atoms with Crippen LogP contribution in [0, 0.1) is 11.3 Å². The summed E-state index contributed by atoms with van der Waals surface area (Å²) in [6.45, 7) is 0.200. The second-order valence-electron chi connectivity index (χ2n) is 5.09. The summed E-state index contributed by atoms with van der Waals surface area (Å²) in [5, 5.41) is 11.4. The number of carbonyl (C=O) groups is 1. The molecule has 0 radical (unpaired) electrons. The van der Waals surface area contributed by atoms with E-state index in [9.17, 15) is 13.2 Å². The number of sulfonamides is 1. The number of carbonyl (C=O) groups excluding carboxylic acids is 1. The molecule has 0 bridgehead atoms. The predicted octanol–water partition coefficient (Wildman–Crippen LogP) is 1.31. The quantitative estimate of drug-likeness (QED) is 0.858. The fraction of sp³-hybridized carbons (Fsp3) is 0.429. The van der Waals surface area contributed by atoms with E-state index in [-0.39, 0.29) is 24.9 Å². The number of amides is 1. The van der Waals surface area contributed by atoms with Gasteiger partial charge in [-0.15, -0.1) is 0 Å². The fourth-order valence-electron chi connectivity index (χ4n) is 2.05. The van der Waals surface area contributed by atoms with Crippen LogP contribution in [0.25, 0.3) is 0 Å². The third-order valence-electron chi connectivity index (χ3n) is 3.24. The van der Waals surface area contributed by atoms with E-state index in [2.05, 4.69) is 5.32 Å². The Balaban J connectivity index is 1.88. The van der Waals surface area contributed by atoms with Gasteiger partial charge in [0.1, 0.15) is 0 Å². The number of hydrogen-bond donors (Lipinski definition) is 1. The van der Waals surface area contributed by atoms with Crippen LogP contribution in [-0.2, 0) is 14.8 Å². The number of nitrogens with one attached hydrogen (secondary N) is 1. The fourth-order valence-corrected chi connectivity index (χ4v) is 3.22. The molecule has 1 fully saturated rings. The number of rotatable bonds is 6. The summed E-state index contributed by atoms with van der Waals surface area (Å²) >= 11 is 0. The van der Waals surface area contributed by atoms with Crippen LogP contribution in [0.2, 0.25) is 0 Å². The first-order valence-electron chi connectivity index (χ1n) is 6.67. The zero-order valence-electron chi connectivity index (χ0n) is 11.7. The maximum absolute atomic E-state index is 11.8. The van der Waals surface area contributed by atoms with Gasteiger partial charge < -0.3 is 5.32 Å². The van der Waals surface area contributed by atoms with Crippen LogP contribution in [-0.4, -0.2) is 37.5 Å². The van der Waals surface area contributed by atoms with Crippen LogP contribution < -0.4 is 5.32 Å². The lowest BCUT2D eigenvalue weighted by atomic mass is 10.2. The van der Waals surface area contributed by atoms with E-state index in [0.717, 1.165) is 12.8 Å². The molecule has 1 amide bonds. The molecule has 6 nitrogen and oxygen atoms in total. The number of nitrogens with zero attached hydrogens (tertiary/aromatic N) is 2. The van der Waals surface area contributed by atoms with Crippen molar-refractivity contribution in [2.24, 2.45) is 0 Å². The van der Waals surface area contributed by atoms with Crippen molar-refractivity contribution in [3.8, 4) is 6.07 Å². The molecule has 1 saturated carbocycles. The van der Waals surface area contributed by atoms with Gasteiger partial charge in [0.2, 0.25) is 15.9 Å². The summed E-state index contributed by atoms with van der Waals surface area (Å²) in [5.41, 5.74) is 1.11. The van der Waals surface area contributed by atoms with Crippen LogP contribution in [0.4, 0.5) is 5.69 Å². The van der Waals surface area contributed by atoms with Gasteiger partial charge >= 0.3 is 0 Å². The van der Waals surface area contributed by atoms with Crippen LogP contribution in [0.1, 0.15) is 24.8 Å². The molecule has 1 N–H and O–H groups in total. The summed E-state index contributed by atoms with van der Waals surface area (Å²) < 4.78 is 24.6. The molecule has 1 aromatic rings. The molecule has 1 aliphatic carbocycles. The highest BCUT2D eigenvalue weighted by Gasteiger charge is 2.34. The monoisotopic (exact) mass is 307 g/mol. The van der Waals surface area contributed by atoms with Crippen LogP contribution >= 0.6 is 0 Å². The summed E-state index contributed by atoms with van der Waals surface area (Å²) in [4.78, 5) is 11.8. The Hall–Kier alpha value is -1.91. The zero-order chi connectivity index (χ0) is 15.5. The van der Waals surface area contributed by atoms with Crippen LogP contribution in [0.3, 0.4) is 0 Å². The van der Waals surface area contributed by atoms with Gasteiger partial charge in [0.05, 0.1) is 17.9 Å². The molecule has 0 atom stereocenters. The molecule has 1 aromatic carbocycles. The van der Waals surface area contributed by atoms with Crippen molar-refractivity contribution in [3.63, 3.8) is 0 Å². The van der Waals surface area contributed by atoms with Gasteiger partial charge in [-0.2, -0.15) is 9.57 Å². The first-order chi connectivity index (χ1) is 9.90. The first-order valence-corrected chi connectivity index (χ1v) is 8.52. The summed E-state index contributed by atoms with van der Waals surface area (Å²) in [5.74, 6) is -0.242. The number of hydrogen-bond acceptors (Lipinski definition) is 4. The van der Waals surface area contributed by atoms with Crippen molar-refractivity contribution in [3.05, 3.63) is 29.8 Å². The Morgan fingerprint density at radius 2 is 2.00 bits per heavy atom. The van der Waals surface area contributed by atoms with E-state index in [0.29, 0.717) is 11.3 Å². The Bertz CT molecular complexity index is 658. The lowest BCUT2D eigenvalue weighted by Gasteiger charge is -2.18. The highest BCUT2D eigenvalue weighted by atomic mass is 32.2. The van der Waals surface area contributed by atoms with Gasteiger partial charge in [0, 0.05) is 24.7 Å². The Labute approximate surface area is 124 Å². The van der Waals surface area contributed by atoms with Gasteiger partial charge in [-0.25, -0.2) is 8.42 Å². The highest BCUT2D eigenvalue weighted by molar-refractivity contribution is 7.88. The summed E-state index contributed by atoms with van der Waals surface area (Å²) in [7, 11) is -3.26. The van der Waals surface area contributed by atoms with Crippen molar-refractivity contribution in [2.45, 2.75) is 25.3 Å². The molecule has 0 unspecified atom stereocenters. The third-order valence-corrected chi connectivity index (χ3v) is 4.57. The van der Waals surface area contributed by atoms with Crippen LogP contribution in [0.15, 0.2) is 24.3 Å². The topological polar surface area (TPSA) is 90.3 Å². The molecular formula is C14H17N3O3S. The number of nitriles is 1. The predicted molar refractivity (Wildman–Crippen MR) is 79.0 cm³/mol. The first kappa shape index (κ1) is 15.5. The standard InChI is InChI=1S/C14H17N3O3S/c1-21(19,20)17(13-6-7-13)9-8-14(18)16-12-4-2-11(10-15)3-5-12/h2-5,13H,6-9H2,1H3,(H,16,18). The molecule has 0 spiro atoms. The second-order valence-corrected chi connectivity index (χ2v) is 7.03. The number of anilines is 1. The van der Waals surface area contributed by atoms with E-state index in [1.165, 1.54) is 10.6 Å². The highest BCUT2D eigenvalue weighted by Crippen LogP contribution is 2.28.